The Balaban J connectivity index is 1.62. The summed E-state index contributed by atoms with van der Waals surface area (Å²) in [5, 5.41) is 16.0. The van der Waals surface area contributed by atoms with Gasteiger partial charge in [0.15, 0.2) is 0 Å². The van der Waals surface area contributed by atoms with Crippen LogP contribution in [0.2, 0.25) is 0 Å². The molecule has 0 saturated carbocycles. The van der Waals surface area contributed by atoms with E-state index in [0.29, 0.717) is 11.9 Å². The maximum absolute atomic E-state index is 4.62. The minimum atomic E-state index is 0.525. The van der Waals surface area contributed by atoms with Crippen LogP contribution in [-0.4, -0.2) is 34.7 Å². The summed E-state index contributed by atoms with van der Waals surface area (Å²) in [6.45, 7) is 5.28. The van der Waals surface area contributed by atoms with Gasteiger partial charge in [0.25, 0.3) is 0 Å². The van der Waals surface area contributed by atoms with Gasteiger partial charge in [0, 0.05) is 31.4 Å². The molecule has 0 fully saturated rings. The maximum Gasteiger partial charge on any atom is 0.228 e. The van der Waals surface area contributed by atoms with Gasteiger partial charge in [0.05, 0.1) is 17.4 Å². The van der Waals surface area contributed by atoms with E-state index in [2.05, 4.69) is 56.7 Å². The largest absolute Gasteiger partial charge is 0.309 e. The minimum absolute atomic E-state index is 0.525. The molecule has 0 radical (unpaired) electrons. The van der Waals surface area contributed by atoms with Crippen LogP contribution in [0.15, 0.2) is 42.7 Å². The van der Waals surface area contributed by atoms with Gasteiger partial charge in [-0.2, -0.15) is 5.10 Å². The third-order valence-corrected chi connectivity index (χ3v) is 4.71. The van der Waals surface area contributed by atoms with Crippen LogP contribution in [-0.2, 0) is 13.6 Å². The SMILES string of the molecule is CCC(C)Cn1nnc2cc(-c3ccnc(Nc4ccnn4C)n3)ccc21. The fourth-order valence-electron chi connectivity index (χ4n) is 2.88. The molecule has 0 aliphatic heterocycles. The average molecular weight is 362 g/mol. The number of nitrogens with zero attached hydrogens (tertiary/aromatic N) is 7. The van der Waals surface area contributed by atoms with Crippen LogP contribution in [0.3, 0.4) is 0 Å². The zero-order chi connectivity index (χ0) is 18.8. The van der Waals surface area contributed by atoms with Crippen molar-refractivity contribution < 1.29 is 0 Å². The molecule has 3 heterocycles. The van der Waals surface area contributed by atoms with Crippen LogP contribution in [0.1, 0.15) is 20.3 Å². The number of hydrogen-bond donors (Lipinski definition) is 1. The average Bonchev–Trinajstić information content (AvgIpc) is 3.28. The van der Waals surface area contributed by atoms with Gasteiger partial charge in [-0.15, -0.1) is 5.10 Å². The molecule has 8 nitrogen and oxygen atoms in total. The van der Waals surface area contributed by atoms with Gasteiger partial charge in [-0.05, 0) is 24.1 Å². The number of fused-ring (bicyclic) bond motifs is 1. The molecule has 0 aliphatic carbocycles. The quantitative estimate of drug-likeness (QED) is 0.566. The third kappa shape index (κ3) is 3.51. The second-order valence-corrected chi connectivity index (χ2v) is 6.72. The van der Waals surface area contributed by atoms with E-state index < -0.39 is 0 Å². The Bertz CT molecular complexity index is 1060. The normalized spacial score (nSPS) is 12.4. The van der Waals surface area contributed by atoms with E-state index in [1.54, 1.807) is 17.1 Å². The lowest BCUT2D eigenvalue weighted by Crippen LogP contribution is -2.08. The predicted octanol–water partition coefficient (Wildman–Crippen LogP) is 3.41. The molecule has 27 heavy (non-hydrogen) atoms. The van der Waals surface area contributed by atoms with Gasteiger partial charge in [-0.25, -0.2) is 14.6 Å². The van der Waals surface area contributed by atoms with Gasteiger partial charge in [0.2, 0.25) is 5.95 Å². The maximum atomic E-state index is 4.62. The van der Waals surface area contributed by atoms with Crippen LogP contribution >= 0.6 is 0 Å². The molecule has 8 heteroatoms. The first-order chi connectivity index (χ1) is 13.1. The summed E-state index contributed by atoms with van der Waals surface area (Å²) in [6.07, 6.45) is 4.58. The van der Waals surface area contributed by atoms with Crippen molar-refractivity contribution in [2.24, 2.45) is 13.0 Å². The Morgan fingerprint density at radius 1 is 1.15 bits per heavy atom. The lowest BCUT2D eigenvalue weighted by molar-refractivity contribution is 0.440. The second kappa shape index (κ2) is 7.14. The lowest BCUT2D eigenvalue weighted by Gasteiger charge is -2.09. The summed E-state index contributed by atoms with van der Waals surface area (Å²) in [4.78, 5) is 8.91. The van der Waals surface area contributed by atoms with Crippen molar-refractivity contribution in [3.63, 3.8) is 0 Å². The van der Waals surface area contributed by atoms with Crippen molar-refractivity contribution in [1.82, 2.24) is 34.7 Å². The van der Waals surface area contributed by atoms with Crippen LogP contribution in [0, 0.1) is 5.92 Å². The number of benzene rings is 1. The van der Waals surface area contributed by atoms with Crippen molar-refractivity contribution in [3.05, 3.63) is 42.7 Å². The molecule has 4 rings (SSSR count). The van der Waals surface area contributed by atoms with Gasteiger partial charge in [-0.3, -0.25) is 4.68 Å². The standard InChI is InChI=1S/C19H22N8/c1-4-13(2)12-27-17-6-5-14(11-16(17)24-25-27)15-7-9-20-19(22-15)23-18-8-10-21-26(18)3/h5-11,13H,4,12H2,1-3H3,(H,20,22,23). The van der Waals surface area contributed by atoms with E-state index in [1.807, 2.05) is 29.9 Å². The number of anilines is 2. The Morgan fingerprint density at radius 2 is 2.04 bits per heavy atom. The van der Waals surface area contributed by atoms with Gasteiger partial charge >= 0.3 is 0 Å². The Hall–Kier alpha value is -3.29. The number of aryl methyl sites for hydroxylation is 1. The van der Waals surface area contributed by atoms with Crippen LogP contribution in [0.5, 0.6) is 0 Å². The topological polar surface area (TPSA) is 86.3 Å². The van der Waals surface area contributed by atoms with Gasteiger partial charge in [0.1, 0.15) is 11.3 Å². The molecule has 0 bridgehead atoms. The van der Waals surface area contributed by atoms with E-state index in [0.717, 1.165) is 41.1 Å². The van der Waals surface area contributed by atoms with Crippen LogP contribution < -0.4 is 5.32 Å². The van der Waals surface area contributed by atoms with E-state index >= 15 is 0 Å². The third-order valence-electron chi connectivity index (χ3n) is 4.71. The molecular weight excluding hydrogens is 340 g/mol. The van der Waals surface area contributed by atoms with Crippen molar-refractivity contribution >= 4 is 22.8 Å². The number of aromatic nitrogens is 7. The van der Waals surface area contributed by atoms with Crippen molar-refractivity contribution in [2.75, 3.05) is 5.32 Å². The first-order valence-corrected chi connectivity index (χ1v) is 9.05. The molecule has 138 valence electrons. The molecule has 0 saturated heterocycles. The molecule has 0 amide bonds. The highest BCUT2D eigenvalue weighted by molar-refractivity contribution is 5.80. The van der Waals surface area contributed by atoms with E-state index in [1.165, 1.54) is 0 Å². The summed E-state index contributed by atoms with van der Waals surface area (Å²) >= 11 is 0. The fourth-order valence-corrected chi connectivity index (χ4v) is 2.88. The number of hydrogen-bond acceptors (Lipinski definition) is 6. The van der Waals surface area contributed by atoms with E-state index in [9.17, 15) is 0 Å². The Morgan fingerprint density at radius 3 is 2.81 bits per heavy atom. The van der Waals surface area contributed by atoms with Crippen molar-refractivity contribution in [3.8, 4) is 11.3 Å². The lowest BCUT2D eigenvalue weighted by atomic mass is 10.1. The zero-order valence-electron chi connectivity index (χ0n) is 15.7. The zero-order valence-corrected chi connectivity index (χ0v) is 15.7. The fraction of sp³-hybridized carbons (Fsp3) is 0.316. The monoisotopic (exact) mass is 362 g/mol. The molecule has 0 aliphatic rings. The van der Waals surface area contributed by atoms with Crippen LogP contribution in [0.4, 0.5) is 11.8 Å². The van der Waals surface area contributed by atoms with Crippen molar-refractivity contribution in [1.29, 1.82) is 0 Å². The van der Waals surface area contributed by atoms with Crippen LogP contribution in [0.25, 0.3) is 22.3 Å². The highest BCUT2D eigenvalue weighted by Gasteiger charge is 2.10. The molecule has 1 unspecified atom stereocenters. The Labute approximate surface area is 157 Å². The summed E-state index contributed by atoms with van der Waals surface area (Å²) < 4.78 is 3.71. The molecule has 1 N–H and O–H groups in total. The predicted molar refractivity (Wildman–Crippen MR) is 104 cm³/mol. The molecule has 0 spiro atoms. The molecule has 3 aromatic heterocycles. The van der Waals surface area contributed by atoms with Gasteiger partial charge in [-0.1, -0.05) is 31.5 Å². The minimum Gasteiger partial charge on any atom is -0.309 e. The number of rotatable bonds is 6. The number of nitrogens with one attached hydrogen (secondary N) is 1. The first kappa shape index (κ1) is 17.1. The summed E-state index contributed by atoms with van der Waals surface area (Å²) in [7, 11) is 1.86. The molecule has 4 aromatic rings. The first-order valence-electron chi connectivity index (χ1n) is 9.05. The van der Waals surface area contributed by atoms with Crippen molar-refractivity contribution in [2.45, 2.75) is 26.8 Å². The highest BCUT2D eigenvalue weighted by atomic mass is 15.4. The molecule has 1 atom stereocenters. The summed E-state index contributed by atoms with van der Waals surface area (Å²) in [6, 6.07) is 9.89. The summed E-state index contributed by atoms with van der Waals surface area (Å²) in [5.41, 5.74) is 3.72. The smallest absolute Gasteiger partial charge is 0.228 e. The molecule has 1 aromatic carbocycles. The summed E-state index contributed by atoms with van der Waals surface area (Å²) in [5.74, 6) is 1.92. The Kier molecular flexibility index (Phi) is 4.53. The highest BCUT2D eigenvalue weighted by Crippen LogP contribution is 2.23. The van der Waals surface area contributed by atoms with E-state index in [4.69, 9.17) is 0 Å². The van der Waals surface area contributed by atoms with Gasteiger partial charge < -0.3 is 5.32 Å². The van der Waals surface area contributed by atoms with E-state index in [-0.39, 0.29) is 0 Å². The second-order valence-electron chi connectivity index (χ2n) is 6.72. The molecular formula is C19H22N8.